The van der Waals surface area contributed by atoms with E-state index >= 15 is 0 Å². The number of halogens is 1. The number of fused-ring (bicyclic) bond motifs is 1. The van der Waals surface area contributed by atoms with Gasteiger partial charge in [0.25, 0.3) is 0 Å². The summed E-state index contributed by atoms with van der Waals surface area (Å²) in [6.45, 7) is 1.90. The summed E-state index contributed by atoms with van der Waals surface area (Å²) >= 11 is 6.20. The van der Waals surface area contributed by atoms with Crippen molar-refractivity contribution in [3.8, 4) is 0 Å². The molecule has 1 fully saturated rings. The Balaban J connectivity index is 1.69. The molecule has 0 radical (unpaired) electrons. The van der Waals surface area contributed by atoms with Crippen LogP contribution in [0, 0.1) is 5.92 Å². The molecule has 0 saturated carbocycles. The summed E-state index contributed by atoms with van der Waals surface area (Å²) in [5, 5.41) is 7.33. The minimum atomic E-state index is 0.149. The maximum Gasteiger partial charge on any atom is 0.223 e. The Morgan fingerprint density at radius 3 is 2.84 bits per heavy atom. The van der Waals surface area contributed by atoms with E-state index in [-0.39, 0.29) is 17.9 Å². The van der Waals surface area contributed by atoms with E-state index in [4.69, 9.17) is 11.6 Å². The zero-order valence-corrected chi connectivity index (χ0v) is 11.7. The number of carbonyl (C=O) groups excluding carboxylic acids is 1. The first-order chi connectivity index (χ1) is 9.25. The summed E-state index contributed by atoms with van der Waals surface area (Å²) in [5.41, 5.74) is 2.41. The molecule has 0 bridgehead atoms. The summed E-state index contributed by atoms with van der Waals surface area (Å²) in [6.07, 6.45) is 3.82. The van der Waals surface area contributed by atoms with Crippen molar-refractivity contribution in [1.82, 2.24) is 10.6 Å². The monoisotopic (exact) mass is 278 g/mol. The van der Waals surface area contributed by atoms with Crippen LogP contribution >= 0.6 is 11.6 Å². The lowest BCUT2D eigenvalue weighted by molar-refractivity contribution is -0.126. The number of rotatable bonds is 2. The van der Waals surface area contributed by atoms with Crippen LogP contribution in [0.5, 0.6) is 0 Å². The number of benzene rings is 1. The first kappa shape index (κ1) is 12.9. The smallest absolute Gasteiger partial charge is 0.223 e. The van der Waals surface area contributed by atoms with Gasteiger partial charge in [-0.05, 0) is 56.0 Å². The molecule has 4 heteroatoms. The number of piperidine rings is 1. The molecule has 1 heterocycles. The Labute approximate surface area is 118 Å². The Morgan fingerprint density at radius 1 is 1.26 bits per heavy atom. The fraction of sp³-hybridized carbons (Fsp3) is 0.533. The summed E-state index contributed by atoms with van der Waals surface area (Å²) in [6, 6.07) is 6.13. The Morgan fingerprint density at radius 2 is 2.05 bits per heavy atom. The molecule has 1 atom stereocenters. The molecule has 0 aromatic heterocycles. The second-order valence-electron chi connectivity index (χ2n) is 5.43. The van der Waals surface area contributed by atoms with Crippen LogP contribution in [0.1, 0.15) is 36.4 Å². The average Bonchev–Trinajstić information content (AvgIpc) is 2.84. The van der Waals surface area contributed by atoms with Gasteiger partial charge in [0.05, 0.1) is 6.04 Å². The van der Waals surface area contributed by atoms with E-state index < -0.39 is 0 Å². The molecule has 1 aromatic rings. The van der Waals surface area contributed by atoms with Crippen molar-refractivity contribution in [2.24, 2.45) is 5.92 Å². The van der Waals surface area contributed by atoms with Crippen LogP contribution in [0.2, 0.25) is 5.02 Å². The molecule has 2 aliphatic rings. The molecule has 1 aromatic carbocycles. The molecule has 1 amide bonds. The number of carbonyl (C=O) groups is 1. The van der Waals surface area contributed by atoms with Crippen LogP contribution in [-0.4, -0.2) is 19.0 Å². The summed E-state index contributed by atoms with van der Waals surface area (Å²) in [7, 11) is 0. The quantitative estimate of drug-likeness (QED) is 0.872. The second-order valence-corrected chi connectivity index (χ2v) is 5.84. The van der Waals surface area contributed by atoms with Crippen molar-refractivity contribution in [3.63, 3.8) is 0 Å². The molecule has 102 valence electrons. The first-order valence-corrected chi connectivity index (χ1v) is 7.42. The van der Waals surface area contributed by atoms with E-state index in [0.717, 1.165) is 43.8 Å². The standard InChI is InChI=1S/C15H19ClN2O/c16-13-3-1-2-12-11(13)4-5-14(12)18-15(19)10-6-8-17-9-7-10/h1-3,10,14,17H,4-9H2,(H,18,19). The molecule has 1 aliphatic heterocycles. The van der Waals surface area contributed by atoms with Gasteiger partial charge in [0.2, 0.25) is 5.91 Å². The van der Waals surface area contributed by atoms with Crippen molar-refractivity contribution in [2.75, 3.05) is 13.1 Å². The normalized spacial score (nSPS) is 23.1. The van der Waals surface area contributed by atoms with E-state index in [1.54, 1.807) is 0 Å². The van der Waals surface area contributed by atoms with Gasteiger partial charge in [-0.25, -0.2) is 0 Å². The highest BCUT2D eigenvalue weighted by Crippen LogP contribution is 2.35. The zero-order chi connectivity index (χ0) is 13.2. The highest BCUT2D eigenvalue weighted by atomic mass is 35.5. The maximum absolute atomic E-state index is 12.3. The number of amides is 1. The summed E-state index contributed by atoms with van der Waals surface area (Å²) in [5.74, 6) is 0.379. The van der Waals surface area contributed by atoms with Gasteiger partial charge in [-0.1, -0.05) is 23.7 Å². The van der Waals surface area contributed by atoms with Gasteiger partial charge >= 0.3 is 0 Å². The predicted octanol–water partition coefficient (Wildman–Crippen LogP) is 2.44. The lowest BCUT2D eigenvalue weighted by Gasteiger charge is -2.24. The van der Waals surface area contributed by atoms with E-state index in [9.17, 15) is 4.79 Å². The highest BCUT2D eigenvalue weighted by Gasteiger charge is 2.28. The Kier molecular flexibility index (Phi) is 3.76. The van der Waals surface area contributed by atoms with E-state index in [2.05, 4.69) is 16.7 Å². The number of hydrogen-bond acceptors (Lipinski definition) is 2. The highest BCUT2D eigenvalue weighted by molar-refractivity contribution is 6.31. The zero-order valence-electron chi connectivity index (χ0n) is 10.9. The van der Waals surface area contributed by atoms with Gasteiger partial charge in [-0.3, -0.25) is 4.79 Å². The van der Waals surface area contributed by atoms with Gasteiger partial charge in [0.15, 0.2) is 0 Å². The third-order valence-electron chi connectivity index (χ3n) is 4.24. The maximum atomic E-state index is 12.3. The fourth-order valence-electron chi connectivity index (χ4n) is 3.13. The molecule has 3 rings (SSSR count). The fourth-order valence-corrected chi connectivity index (χ4v) is 3.41. The van der Waals surface area contributed by atoms with Crippen molar-refractivity contribution in [1.29, 1.82) is 0 Å². The van der Waals surface area contributed by atoms with Crippen LogP contribution in [-0.2, 0) is 11.2 Å². The molecule has 3 nitrogen and oxygen atoms in total. The van der Waals surface area contributed by atoms with Gasteiger partial charge < -0.3 is 10.6 Å². The third-order valence-corrected chi connectivity index (χ3v) is 4.59. The van der Waals surface area contributed by atoms with E-state index in [1.807, 2.05) is 12.1 Å². The Hall–Kier alpha value is -1.06. The topological polar surface area (TPSA) is 41.1 Å². The predicted molar refractivity (Wildman–Crippen MR) is 76.3 cm³/mol. The van der Waals surface area contributed by atoms with Crippen molar-refractivity contribution in [3.05, 3.63) is 34.3 Å². The van der Waals surface area contributed by atoms with Gasteiger partial charge in [-0.2, -0.15) is 0 Å². The van der Waals surface area contributed by atoms with Gasteiger partial charge in [0, 0.05) is 10.9 Å². The van der Waals surface area contributed by atoms with Crippen molar-refractivity contribution >= 4 is 17.5 Å². The van der Waals surface area contributed by atoms with Crippen LogP contribution in [0.25, 0.3) is 0 Å². The lowest BCUT2D eigenvalue weighted by atomic mass is 9.96. The number of nitrogens with one attached hydrogen (secondary N) is 2. The molecular weight excluding hydrogens is 260 g/mol. The molecule has 2 N–H and O–H groups in total. The van der Waals surface area contributed by atoms with E-state index in [1.165, 1.54) is 11.1 Å². The summed E-state index contributed by atoms with van der Waals surface area (Å²) in [4.78, 5) is 12.3. The molecule has 0 spiro atoms. The lowest BCUT2D eigenvalue weighted by Crippen LogP contribution is -2.39. The molecular formula is C15H19ClN2O. The number of hydrogen-bond donors (Lipinski definition) is 2. The molecule has 1 saturated heterocycles. The second kappa shape index (κ2) is 5.51. The van der Waals surface area contributed by atoms with Crippen LogP contribution in [0.15, 0.2) is 18.2 Å². The molecule has 19 heavy (non-hydrogen) atoms. The summed E-state index contributed by atoms with van der Waals surface area (Å²) < 4.78 is 0. The van der Waals surface area contributed by atoms with Crippen LogP contribution < -0.4 is 10.6 Å². The van der Waals surface area contributed by atoms with Crippen molar-refractivity contribution < 1.29 is 4.79 Å². The largest absolute Gasteiger partial charge is 0.349 e. The SMILES string of the molecule is O=C(NC1CCc2c(Cl)cccc21)C1CCNCC1. The first-order valence-electron chi connectivity index (χ1n) is 7.04. The van der Waals surface area contributed by atoms with Crippen LogP contribution in [0.4, 0.5) is 0 Å². The van der Waals surface area contributed by atoms with Gasteiger partial charge in [-0.15, -0.1) is 0 Å². The molecule has 1 aliphatic carbocycles. The molecule has 1 unspecified atom stereocenters. The van der Waals surface area contributed by atoms with E-state index in [0.29, 0.717) is 0 Å². The van der Waals surface area contributed by atoms with Gasteiger partial charge in [0.1, 0.15) is 0 Å². The third kappa shape index (κ3) is 2.63. The van der Waals surface area contributed by atoms with Crippen molar-refractivity contribution in [2.45, 2.75) is 31.7 Å². The Bertz CT molecular complexity index is 483. The average molecular weight is 279 g/mol. The minimum Gasteiger partial charge on any atom is -0.349 e. The van der Waals surface area contributed by atoms with Crippen LogP contribution in [0.3, 0.4) is 0 Å². The minimum absolute atomic E-state index is 0.149.